The Morgan fingerprint density at radius 2 is 2.06 bits per heavy atom. The molecule has 0 saturated carbocycles. The Morgan fingerprint density at radius 3 is 2.53 bits per heavy atom. The van der Waals surface area contributed by atoms with Crippen LogP contribution < -0.4 is 5.73 Å². The Bertz CT molecular complexity index is 388. The van der Waals surface area contributed by atoms with Crippen molar-refractivity contribution in [3.63, 3.8) is 0 Å². The fourth-order valence-corrected chi connectivity index (χ4v) is 1.53. The van der Waals surface area contributed by atoms with Gasteiger partial charge >= 0.3 is 11.9 Å². The summed E-state index contributed by atoms with van der Waals surface area (Å²) in [6.45, 7) is 3.13. The van der Waals surface area contributed by atoms with Crippen LogP contribution in [0, 0.1) is 0 Å². The predicted octanol–water partition coefficient (Wildman–Crippen LogP) is -0.927. The molecule has 0 aromatic heterocycles. The van der Waals surface area contributed by atoms with Gasteiger partial charge in [0.1, 0.15) is 6.10 Å². The van der Waals surface area contributed by atoms with Gasteiger partial charge in [0.05, 0.1) is 17.7 Å². The van der Waals surface area contributed by atoms with Crippen LogP contribution in [0.3, 0.4) is 0 Å². The number of rotatable bonds is 4. The minimum atomic E-state index is -1.39. The maximum absolute atomic E-state index is 10.8. The number of aliphatic hydroxyl groups is 1. The first kappa shape index (κ1) is 13.2. The van der Waals surface area contributed by atoms with Crippen molar-refractivity contribution < 1.29 is 29.6 Å². The Labute approximate surface area is 96.8 Å². The first-order chi connectivity index (χ1) is 7.84. The van der Waals surface area contributed by atoms with E-state index in [1.165, 1.54) is 6.08 Å². The number of aliphatic hydroxyl groups excluding tert-OH is 1. The van der Waals surface area contributed by atoms with Crippen LogP contribution in [0.15, 0.2) is 24.0 Å². The molecule has 7 nitrogen and oxygen atoms in total. The van der Waals surface area contributed by atoms with Gasteiger partial charge < -0.3 is 25.8 Å². The molecule has 0 fully saturated rings. The van der Waals surface area contributed by atoms with Crippen molar-refractivity contribution in [2.75, 3.05) is 0 Å². The molecule has 0 amide bonds. The summed E-state index contributed by atoms with van der Waals surface area (Å²) in [4.78, 5) is 21.3. The highest BCUT2D eigenvalue weighted by molar-refractivity contribution is 5.88. The largest absolute Gasteiger partial charge is 0.479 e. The number of hydrogen-bond donors (Lipinski definition) is 4. The van der Waals surface area contributed by atoms with E-state index in [1.54, 1.807) is 0 Å². The Morgan fingerprint density at radius 1 is 1.47 bits per heavy atom. The van der Waals surface area contributed by atoms with Crippen LogP contribution in [0.2, 0.25) is 0 Å². The second-order valence-corrected chi connectivity index (χ2v) is 3.60. The zero-order valence-electron chi connectivity index (χ0n) is 8.87. The Hall–Kier alpha value is -1.86. The van der Waals surface area contributed by atoms with Gasteiger partial charge in [-0.25, -0.2) is 9.59 Å². The van der Waals surface area contributed by atoms with Gasteiger partial charge in [0, 0.05) is 0 Å². The van der Waals surface area contributed by atoms with Crippen molar-refractivity contribution in [3.05, 3.63) is 24.0 Å². The molecule has 0 spiro atoms. The molecule has 1 aliphatic rings. The summed E-state index contributed by atoms with van der Waals surface area (Å²) >= 11 is 0. The molecule has 17 heavy (non-hydrogen) atoms. The molecule has 0 aromatic carbocycles. The third kappa shape index (κ3) is 2.83. The molecule has 3 atom stereocenters. The maximum Gasteiger partial charge on any atom is 0.370 e. The summed E-state index contributed by atoms with van der Waals surface area (Å²) in [6, 6.07) is -1.10. The monoisotopic (exact) mass is 243 g/mol. The van der Waals surface area contributed by atoms with Crippen LogP contribution in [0.1, 0.15) is 6.42 Å². The van der Waals surface area contributed by atoms with Crippen LogP contribution in [0.25, 0.3) is 0 Å². The average molecular weight is 243 g/mol. The van der Waals surface area contributed by atoms with E-state index in [2.05, 4.69) is 6.58 Å². The minimum Gasteiger partial charge on any atom is -0.479 e. The van der Waals surface area contributed by atoms with Gasteiger partial charge in [-0.3, -0.25) is 0 Å². The molecule has 0 aliphatic heterocycles. The molecule has 1 rings (SSSR count). The first-order valence-electron chi connectivity index (χ1n) is 4.80. The van der Waals surface area contributed by atoms with Crippen molar-refractivity contribution >= 4 is 11.9 Å². The Balaban J connectivity index is 2.85. The summed E-state index contributed by atoms with van der Waals surface area (Å²) in [5, 5.41) is 27.0. The Kier molecular flexibility index (Phi) is 3.87. The van der Waals surface area contributed by atoms with Crippen molar-refractivity contribution in [1.82, 2.24) is 0 Å². The molecule has 0 aromatic rings. The fraction of sp³-hybridized carbons (Fsp3) is 0.400. The molecule has 0 saturated heterocycles. The van der Waals surface area contributed by atoms with Crippen molar-refractivity contribution in [1.29, 1.82) is 0 Å². The van der Waals surface area contributed by atoms with Crippen LogP contribution in [0.5, 0.6) is 0 Å². The standard InChI is InChI=1S/C10H13NO6/c1-4(9(13)14)17-8-6(12)3-2-5(7(8)11)10(15)16/h2,6-8,12H,1,3,11H2,(H,13,14)(H,15,16)/t6-,7+,8+/m1/s1. The van der Waals surface area contributed by atoms with Crippen molar-refractivity contribution in [2.24, 2.45) is 5.73 Å². The second-order valence-electron chi connectivity index (χ2n) is 3.60. The highest BCUT2D eigenvalue weighted by Gasteiger charge is 2.37. The van der Waals surface area contributed by atoms with Gasteiger partial charge in [-0.15, -0.1) is 0 Å². The number of carboxylic acids is 2. The lowest BCUT2D eigenvalue weighted by atomic mass is 9.89. The number of aliphatic carboxylic acids is 2. The smallest absolute Gasteiger partial charge is 0.370 e. The van der Waals surface area contributed by atoms with E-state index in [-0.39, 0.29) is 12.0 Å². The molecule has 5 N–H and O–H groups in total. The van der Waals surface area contributed by atoms with Gasteiger partial charge in [-0.1, -0.05) is 6.08 Å². The summed E-state index contributed by atoms with van der Waals surface area (Å²) in [5.74, 6) is -3.20. The molecule has 0 bridgehead atoms. The summed E-state index contributed by atoms with van der Waals surface area (Å²) in [5.41, 5.74) is 5.48. The second kappa shape index (κ2) is 4.98. The van der Waals surface area contributed by atoms with E-state index in [0.717, 1.165) is 0 Å². The van der Waals surface area contributed by atoms with Gasteiger partial charge in [0.2, 0.25) is 0 Å². The molecule has 7 heteroatoms. The summed E-state index contributed by atoms with van der Waals surface area (Å²) in [6.07, 6.45) is -0.868. The van der Waals surface area contributed by atoms with Crippen LogP contribution in [-0.4, -0.2) is 45.5 Å². The van der Waals surface area contributed by atoms with Crippen molar-refractivity contribution in [2.45, 2.75) is 24.7 Å². The molecule has 0 radical (unpaired) electrons. The zero-order chi connectivity index (χ0) is 13.2. The third-order valence-electron chi connectivity index (χ3n) is 2.44. The van der Waals surface area contributed by atoms with E-state index in [1.807, 2.05) is 0 Å². The highest BCUT2D eigenvalue weighted by Crippen LogP contribution is 2.22. The molecule has 1 aliphatic carbocycles. The van der Waals surface area contributed by atoms with E-state index < -0.39 is 35.9 Å². The quantitative estimate of drug-likeness (QED) is 0.370. The third-order valence-corrected chi connectivity index (χ3v) is 2.44. The normalized spacial score (nSPS) is 28.1. The first-order valence-corrected chi connectivity index (χ1v) is 4.80. The molecular formula is C10H13NO6. The van der Waals surface area contributed by atoms with Gasteiger partial charge in [0.15, 0.2) is 5.76 Å². The summed E-state index contributed by atoms with van der Waals surface area (Å²) in [7, 11) is 0. The lowest BCUT2D eigenvalue weighted by Crippen LogP contribution is -2.50. The zero-order valence-corrected chi connectivity index (χ0v) is 8.87. The minimum absolute atomic E-state index is 0.0346. The van der Waals surface area contributed by atoms with E-state index in [0.29, 0.717) is 0 Å². The average Bonchev–Trinajstić information content (AvgIpc) is 2.22. The van der Waals surface area contributed by atoms with Gasteiger partial charge in [-0.05, 0) is 13.0 Å². The highest BCUT2D eigenvalue weighted by atomic mass is 16.5. The number of hydrogen-bond acceptors (Lipinski definition) is 5. The van der Waals surface area contributed by atoms with E-state index in [9.17, 15) is 14.7 Å². The number of ether oxygens (including phenoxy) is 1. The van der Waals surface area contributed by atoms with E-state index in [4.69, 9.17) is 20.7 Å². The van der Waals surface area contributed by atoms with Crippen LogP contribution >= 0.6 is 0 Å². The SMILES string of the molecule is C=C(O[C@H]1[C@H](O)CC=C(C(=O)O)[C@@H]1N)C(=O)O. The predicted molar refractivity (Wildman–Crippen MR) is 56.0 cm³/mol. The van der Waals surface area contributed by atoms with E-state index >= 15 is 0 Å². The van der Waals surface area contributed by atoms with Crippen LogP contribution in [0.4, 0.5) is 0 Å². The van der Waals surface area contributed by atoms with Crippen LogP contribution in [-0.2, 0) is 14.3 Å². The summed E-state index contributed by atoms with van der Waals surface area (Å²) < 4.78 is 4.88. The topological polar surface area (TPSA) is 130 Å². The molecule has 0 heterocycles. The van der Waals surface area contributed by atoms with Gasteiger partial charge in [0.25, 0.3) is 0 Å². The number of carboxylic acid groups (broad SMARTS) is 2. The lowest BCUT2D eigenvalue weighted by molar-refractivity contribution is -0.139. The number of nitrogens with two attached hydrogens (primary N) is 1. The maximum atomic E-state index is 10.8. The molecule has 0 unspecified atom stereocenters. The fourth-order valence-electron chi connectivity index (χ4n) is 1.53. The molecule has 94 valence electrons. The molecular weight excluding hydrogens is 230 g/mol. The number of carbonyl (C=O) groups is 2. The van der Waals surface area contributed by atoms with Crippen molar-refractivity contribution in [3.8, 4) is 0 Å². The van der Waals surface area contributed by atoms with Gasteiger partial charge in [-0.2, -0.15) is 0 Å². The lowest BCUT2D eigenvalue weighted by Gasteiger charge is -2.32.